The van der Waals surface area contributed by atoms with E-state index in [1.807, 2.05) is 6.92 Å². The molecule has 1 fully saturated rings. The van der Waals surface area contributed by atoms with Gasteiger partial charge >= 0.3 is 0 Å². The molecular weight excluding hydrogens is 478 g/mol. The minimum Gasteiger partial charge on any atom is -0.503 e. The van der Waals surface area contributed by atoms with E-state index in [9.17, 15) is 23.5 Å². The first-order valence-corrected chi connectivity index (χ1v) is 11.9. The van der Waals surface area contributed by atoms with Crippen molar-refractivity contribution in [2.45, 2.75) is 31.8 Å². The number of hydrogen-bond acceptors (Lipinski definition) is 8. The van der Waals surface area contributed by atoms with E-state index in [2.05, 4.69) is 15.6 Å². The van der Waals surface area contributed by atoms with Crippen LogP contribution in [-0.2, 0) is 6.42 Å². The van der Waals surface area contributed by atoms with Crippen LogP contribution in [-0.4, -0.2) is 63.3 Å². The zero-order valence-corrected chi connectivity index (χ0v) is 20.2. The highest BCUT2D eigenvalue weighted by atomic mass is 32.2. The van der Waals surface area contributed by atoms with Crippen LogP contribution >= 0.6 is 11.8 Å². The molecule has 2 heterocycles. The van der Waals surface area contributed by atoms with Crippen LogP contribution in [0.5, 0.6) is 5.75 Å². The minimum absolute atomic E-state index is 0.0745. The van der Waals surface area contributed by atoms with Crippen molar-refractivity contribution in [3.05, 3.63) is 63.1 Å². The molecule has 6 N–H and O–H groups in total. The highest BCUT2D eigenvalue weighted by Gasteiger charge is 2.40. The molecule has 9 nitrogen and oxygen atoms in total. The molecule has 1 aliphatic rings. The van der Waals surface area contributed by atoms with E-state index in [4.69, 9.17) is 10.8 Å². The number of H-pyrrole nitrogens is 1. The molecule has 0 radical (unpaired) electrons. The number of hydrogen-bond donors (Lipinski definition) is 6. The van der Waals surface area contributed by atoms with Gasteiger partial charge in [0, 0.05) is 25.2 Å². The number of benzene rings is 1. The van der Waals surface area contributed by atoms with Gasteiger partial charge in [-0.25, -0.2) is 8.78 Å². The number of rotatable bonds is 7. The number of piperidine rings is 1. The Labute approximate surface area is 205 Å². The summed E-state index contributed by atoms with van der Waals surface area (Å²) in [4.78, 5) is 30.3. The standard InChI is InChI=1S/C23H28F2N6O3S/c1-3-31(23(28-2)6-8-29-9-7-23)22(34)18-20(33)19(32)15(12-30-18)21(27)35-17(26)10-13-4-5-14(24)11-16(13)25/h4-5,11-12,26-29,33H,3,6-10H2,1-2H3,(H,30,32). The third-order valence-electron chi connectivity index (χ3n) is 6.08. The lowest BCUT2D eigenvalue weighted by Crippen LogP contribution is -2.63. The molecule has 1 aromatic heterocycles. The fourth-order valence-electron chi connectivity index (χ4n) is 4.17. The number of nitrogens with one attached hydrogen (secondary N) is 5. The number of thioether (sulfide) groups is 1. The predicted molar refractivity (Wildman–Crippen MR) is 132 cm³/mol. The van der Waals surface area contributed by atoms with Crippen molar-refractivity contribution in [2.75, 3.05) is 26.7 Å². The second-order valence-electron chi connectivity index (χ2n) is 8.10. The Balaban J connectivity index is 1.79. The largest absolute Gasteiger partial charge is 0.503 e. The highest BCUT2D eigenvalue weighted by Crippen LogP contribution is 2.26. The second-order valence-corrected chi connectivity index (χ2v) is 9.21. The monoisotopic (exact) mass is 506 g/mol. The van der Waals surface area contributed by atoms with Crippen LogP contribution in [0.15, 0.2) is 29.2 Å². The van der Waals surface area contributed by atoms with E-state index >= 15 is 0 Å². The molecule has 1 aliphatic heterocycles. The van der Waals surface area contributed by atoms with E-state index < -0.39 is 34.4 Å². The average Bonchev–Trinajstić information content (AvgIpc) is 2.83. The number of aromatic amines is 1. The SMILES string of the molecule is CCN(C(=O)c1[nH]cc(C(=N)SC(=N)Cc2ccc(F)cc2F)c(=O)c1O)C1(NC)CCNCC1. The van der Waals surface area contributed by atoms with Crippen LogP contribution in [0, 0.1) is 22.5 Å². The Morgan fingerprint density at radius 3 is 2.57 bits per heavy atom. The first-order valence-electron chi connectivity index (χ1n) is 11.1. The Kier molecular flexibility index (Phi) is 8.41. The summed E-state index contributed by atoms with van der Waals surface area (Å²) in [6, 6.07) is 2.99. The quantitative estimate of drug-likeness (QED) is 0.193. The maximum Gasteiger partial charge on any atom is 0.275 e. The van der Waals surface area contributed by atoms with Gasteiger partial charge in [-0.2, -0.15) is 0 Å². The van der Waals surface area contributed by atoms with E-state index in [0.717, 1.165) is 12.3 Å². The molecule has 188 valence electrons. The van der Waals surface area contributed by atoms with Crippen LogP contribution in [0.4, 0.5) is 8.78 Å². The molecule has 12 heteroatoms. The molecule has 1 saturated heterocycles. The molecule has 0 atom stereocenters. The maximum atomic E-state index is 13.9. The van der Waals surface area contributed by atoms with Crippen molar-refractivity contribution in [1.29, 1.82) is 10.8 Å². The zero-order valence-electron chi connectivity index (χ0n) is 19.4. The van der Waals surface area contributed by atoms with Gasteiger partial charge in [0.2, 0.25) is 5.43 Å². The van der Waals surface area contributed by atoms with E-state index in [1.165, 1.54) is 6.07 Å². The van der Waals surface area contributed by atoms with Crippen molar-refractivity contribution in [2.24, 2.45) is 0 Å². The third-order valence-corrected chi connectivity index (χ3v) is 6.90. The molecule has 0 saturated carbocycles. The van der Waals surface area contributed by atoms with Crippen LogP contribution in [0.25, 0.3) is 0 Å². The van der Waals surface area contributed by atoms with Gasteiger partial charge in [0.15, 0.2) is 11.4 Å². The predicted octanol–water partition coefficient (Wildman–Crippen LogP) is 2.40. The number of halogens is 2. The Morgan fingerprint density at radius 2 is 1.97 bits per heavy atom. The maximum absolute atomic E-state index is 13.9. The van der Waals surface area contributed by atoms with Crippen LogP contribution in [0.3, 0.4) is 0 Å². The molecule has 3 rings (SSSR count). The highest BCUT2D eigenvalue weighted by molar-refractivity contribution is 8.26. The first-order chi connectivity index (χ1) is 16.6. The van der Waals surface area contributed by atoms with E-state index in [0.29, 0.717) is 50.3 Å². The number of amides is 1. The Bertz CT molecular complexity index is 1200. The summed E-state index contributed by atoms with van der Waals surface area (Å²) in [6.45, 7) is 3.55. The van der Waals surface area contributed by atoms with Crippen molar-refractivity contribution in [3.63, 3.8) is 0 Å². The number of carbonyl (C=O) groups excluding carboxylic acids is 1. The lowest BCUT2D eigenvalue weighted by molar-refractivity contribution is 0.0260. The van der Waals surface area contributed by atoms with Crippen molar-refractivity contribution in [1.82, 2.24) is 20.5 Å². The fourth-order valence-corrected chi connectivity index (χ4v) is 4.91. The van der Waals surface area contributed by atoms with Crippen molar-refractivity contribution in [3.8, 4) is 5.75 Å². The summed E-state index contributed by atoms with van der Waals surface area (Å²) in [5.41, 5.74) is -2.00. The molecule has 0 spiro atoms. The lowest BCUT2D eigenvalue weighted by atomic mass is 9.95. The van der Waals surface area contributed by atoms with Gasteiger partial charge in [-0.3, -0.25) is 25.7 Å². The zero-order chi connectivity index (χ0) is 25.8. The molecule has 0 bridgehead atoms. The molecule has 1 aromatic carbocycles. The van der Waals surface area contributed by atoms with Gasteiger partial charge in [0.25, 0.3) is 5.91 Å². The van der Waals surface area contributed by atoms with Crippen LogP contribution in [0.2, 0.25) is 0 Å². The van der Waals surface area contributed by atoms with E-state index in [-0.39, 0.29) is 33.3 Å². The summed E-state index contributed by atoms with van der Waals surface area (Å²) in [5.74, 6) is -2.91. The van der Waals surface area contributed by atoms with Gasteiger partial charge < -0.3 is 20.3 Å². The number of pyridine rings is 1. The fraction of sp³-hybridized carbons (Fsp3) is 0.391. The number of aromatic nitrogens is 1. The smallest absolute Gasteiger partial charge is 0.275 e. The van der Waals surface area contributed by atoms with Crippen molar-refractivity contribution < 1.29 is 18.7 Å². The summed E-state index contributed by atoms with van der Waals surface area (Å²) in [6.07, 6.45) is 2.24. The molecule has 35 heavy (non-hydrogen) atoms. The van der Waals surface area contributed by atoms with Gasteiger partial charge in [-0.1, -0.05) is 17.8 Å². The molecule has 2 aromatic rings. The molecule has 0 aliphatic carbocycles. The van der Waals surface area contributed by atoms with Crippen LogP contribution < -0.4 is 16.1 Å². The lowest BCUT2D eigenvalue weighted by Gasteiger charge is -2.46. The summed E-state index contributed by atoms with van der Waals surface area (Å²) >= 11 is 0.597. The number of carbonyl (C=O) groups is 1. The summed E-state index contributed by atoms with van der Waals surface area (Å²) in [7, 11) is 1.76. The van der Waals surface area contributed by atoms with Gasteiger partial charge in [0.1, 0.15) is 16.7 Å². The Hall–Kier alpha value is -3.09. The van der Waals surface area contributed by atoms with Gasteiger partial charge in [-0.15, -0.1) is 0 Å². The number of nitrogens with zero attached hydrogens (tertiary/aromatic N) is 1. The molecule has 1 amide bonds. The molecule has 0 unspecified atom stereocenters. The minimum atomic E-state index is -0.926. The number of aromatic hydroxyl groups is 1. The van der Waals surface area contributed by atoms with E-state index in [1.54, 1.807) is 11.9 Å². The summed E-state index contributed by atoms with van der Waals surface area (Å²) in [5, 5.41) is 32.7. The summed E-state index contributed by atoms with van der Waals surface area (Å²) < 4.78 is 26.9. The molecular formula is C23H28F2N6O3S. The first kappa shape index (κ1) is 26.5. The average molecular weight is 507 g/mol. The Morgan fingerprint density at radius 1 is 1.29 bits per heavy atom. The van der Waals surface area contributed by atoms with Crippen molar-refractivity contribution >= 4 is 27.8 Å². The topological polar surface area (TPSA) is 145 Å². The second kappa shape index (κ2) is 11.1. The van der Waals surface area contributed by atoms with Gasteiger partial charge in [0.05, 0.1) is 16.3 Å². The van der Waals surface area contributed by atoms with Gasteiger partial charge in [-0.05, 0) is 51.5 Å². The normalized spacial score (nSPS) is 15.0. The third kappa shape index (κ3) is 5.60. The van der Waals surface area contributed by atoms with Crippen LogP contribution in [0.1, 0.15) is 41.4 Å².